The minimum atomic E-state index is -4.16. The van der Waals surface area contributed by atoms with Gasteiger partial charge in [0, 0.05) is 19.4 Å². The SMILES string of the molecule is CCCc1nc(N)c2nc(CCC)n(CCOCP(=O)(O)O)c2n1. The highest BCUT2D eigenvalue weighted by molar-refractivity contribution is 7.51. The van der Waals surface area contributed by atoms with Crippen molar-refractivity contribution in [2.45, 2.75) is 46.1 Å². The van der Waals surface area contributed by atoms with E-state index in [1.165, 1.54) is 0 Å². The number of rotatable bonds is 9. The maximum Gasteiger partial charge on any atom is 0.350 e. The number of nitrogens with two attached hydrogens (primary N) is 1. The molecule has 9 nitrogen and oxygen atoms in total. The van der Waals surface area contributed by atoms with Crippen LogP contribution >= 0.6 is 7.60 Å². The number of nitrogen functional groups attached to an aromatic ring is 1. The fraction of sp³-hybridized carbons (Fsp3) is 0.643. The third-order valence-electron chi connectivity index (χ3n) is 3.41. The van der Waals surface area contributed by atoms with Gasteiger partial charge in [0.25, 0.3) is 0 Å². The van der Waals surface area contributed by atoms with Gasteiger partial charge in [-0.1, -0.05) is 13.8 Å². The quantitative estimate of drug-likeness (QED) is 0.453. The van der Waals surface area contributed by atoms with Crippen LogP contribution in [-0.4, -0.2) is 42.3 Å². The van der Waals surface area contributed by atoms with Crippen LogP contribution in [0.4, 0.5) is 5.82 Å². The van der Waals surface area contributed by atoms with Crippen molar-refractivity contribution in [3.8, 4) is 0 Å². The van der Waals surface area contributed by atoms with E-state index in [4.69, 9.17) is 20.3 Å². The lowest BCUT2D eigenvalue weighted by molar-refractivity contribution is 0.149. The van der Waals surface area contributed by atoms with E-state index in [2.05, 4.69) is 15.0 Å². The lowest BCUT2D eigenvalue weighted by Gasteiger charge is -2.10. The summed E-state index contributed by atoms with van der Waals surface area (Å²) in [5.41, 5.74) is 7.23. The summed E-state index contributed by atoms with van der Waals surface area (Å²) < 4.78 is 17.8. The number of aromatic nitrogens is 4. The Bertz CT molecular complexity index is 742. The Kier molecular flexibility index (Phi) is 6.28. The summed E-state index contributed by atoms with van der Waals surface area (Å²) >= 11 is 0. The van der Waals surface area contributed by atoms with Crippen molar-refractivity contribution in [3.63, 3.8) is 0 Å². The Hall–Kier alpha value is -1.54. The van der Waals surface area contributed by atoms with E-state index >= 15 is 0 Å². The van der Waals surface area contributed by atoms with Gasteiger partial charge in [-0.05, 0) is 12.8 Å². The summed E-state index contributed by atoms with van der Waals surface area (Å²) in [5.74, 6) is 1.85. The molecule has 2 aromatic rings. The molecule has 134 valence electrons. The summed E-state index contributed by atoms with van der Waals surface area (Å²) in [6, 6.07) is 0. The highest BCUT2D eigenvalue weighted by Gasteiger charge is 2.17. The molecule has 0 bridgehead atoms. The second-order valence-electron chi connectivity index (χ2n) is 5.58. The van der Waals surface area contributed by atoms with Gasteiger partial charge in [-0.3, -0.25) is 4.57 Å². The summed E-state index contributed by atoms with van der Waals surface area (Å²) in [4.78, 5) is 31.1. The van der Waals surface area contributed by atoms with Crippen LogP contribution < -0.4 is 5.73 Å². The lowest BCUT2D eigenvalue weighted by atomic mass is 10.3. The van der Waals surface area contributed by atoms with E-state index in [1.54, 1.807) is 0 Å². The van der Waals surface area contributed by atoms with E-state index in [1.807, 2.05) is 18.4 Å². The molecule has 2 heterocycles. The number of anilines is 1. The van der Waals surface area contributed by atoms with Crippen molar-refractivity contribution < 1.29 is 19.1 Å². The summed E-state index contributed by atoms with van der Waals surface area (Å²) in [6.45, 7) is 4.64. The zero-order valence-electron chi connectivity index (χ0n) is 14.0. The molecule has 0 aliphatic heterocycles. The van der Waals surface area contributed by atoms with Gasteiger partial charge >= 0.3 is 7.60 Å². The van der Waals surface area contributed by atoms with Crippen LogP contribution in [0.15, 0.2) is 0 Å². The topological polar surface area (TPSA) is 136 Å². The molecule has 0 aliphatic carbocycles. The van der Waals surface area contributed by atoms with Gasteiger partial charge in [-0.2, -0.15) is 0 Å². The Labute approximate surface area is 140 Å². The van der Waals surface area contributed by atoms with Crippen molar-refractivity contribution in [2.24, 2.45) is 0 Å². The molecule has 0 aliphatic rings. The minimum absolute atomic E-state index is 0.153. The number of ether oxygens (including phenoxy) is 1. The second kappa shape index (κ2) is 8.02. The zero-order valence-corrected chi connectivity index (χ0v) is 14.9. The predicted octanol–water partition coefficient (Wildman–Crippen LogP) is 1.47. The van der Waals surface area contributed by atoms with Gasteiger partial charge in [-0.25, -0.2) is 15.0 Å². The Morgan fingerprint density at radius 2 is 1.88 bits per heavy atom. The Balaban J connectivity index is 2.29. The standard InChI is InChI=1S/C14H24N5O4P/c1-3-5-10-16-13(15)12-14(17-10)19(11(18-12)6-4-2)7-8-23-9-24(20,21)22/h3-9H2,1-2H3,(H2,15,16,17)(H2,20,21,22). The zero-order chi connectivity index (χ0) is 17.7. The van der Waals surface area contributed by atoms with Crippen molar-refractivity contribution in [1.82, 2.24) is 19.5 Å². The number of fused-ring (bicyclic) bond motifs is 1. The monoisotopic (exact) mass is 357 g/mol. The Morgan fingerprint density at radius 1 is 1.17 bits per heavy atom. The molecule has 0 radical (unpaired) electrons. The van der Waals surface area contributed by atoms with E-state index in [0.29, 0.717) is 29.4 Å². The maximum atomic E-state index is 10.8. The fourth-order valence-electron chi connectivity index (χ4n) is 2.44. The highest BCUT2D eigenvalue weighted by atomic mass is 31.2. The molecule has 24 heavy (non-hydrogen) atoms. The van der Waals surface area contributed by atoms with Gasteiger partial charge in [0.1, 0.15) is 18.0 Å². The van der Waals surface area contributed by atoms with Crippen LogP contribution in [0.1, 0.15) is 38.3 Å². The maximum absolute atomic E-state index is 10.8. The second-order valence-corrected chi connectivity index (χ2v) is 7.17. The van der Waals surface area contributed by atoms with Gasteiger partial charge < -0.3 is 24.8 Å². The smallest absolute Gasteiger partial charge is 0.350 e. The van der Waals surface area contributed by atoms with Crippen LogP contribution in [0, 0.1) is 0 Å². The van der Waals surface area contributed by atoms with Crippen LogP contribution in [0.3, 0.4) is 0 Å². The molecular formula is C14H24N5O4P. The first-order valence-electron chi connectivity index (χ1n) is 7.99. The molecule has 0 aromatic carbocycles. The average Bonchev–Trinajstić information content (AvgIpc) is 2.82. The van der Waals surface area contributed by atoms with Crippen LogP contribution in [0.2, 0.25) is 0 Å². The van der Waals surface area contributed by atoms with Gasteiger partial charge in [0.05, 0.1) is 6.61 Å². The normalized spacial score (nSPS) is 12.2. The molecule has 4 N–H and O–H groups in total. The highest BCUT2D eigenvalue weighted by Crippen LogP contribution is 2.33. The number of hydrogen-bond acceptors (Lipinski definition) is 6. The predicted molar refractivity (Wildman–Crippen MR) is 90.6 cm³/mol. The number of hydrogen-bond donors (Lipinski definition) is 3. The molecule has 0 fully saturated rings. The molecule has 0 unspecified atom stereocenters. The van der Waals surface area contributed by atoms with Gasteiger partial charge in [-0.15, -0.1) is 0 Å². The molecular weight excluding hydrogens is 333 g/mol. The molecule has 0 saturated heterocycles. The van der Waals surface area contributed by atoms with E-state index < -0.39 is 13.9 Å². The minimum Gasteiger partial charge on any atom is -0.382 e. The molecule has 2 aromatic heterocycles. The molecule has 10 heteroatoms. The fourth-order valence-corrected chi connectivity index (χ4v) is 2.80. The summed E-state index contributed by atoms with van der Waals surface area (Å²) in [7, 11) is -4.16. The number of imidazole rings is 1. The molecule has 0 saturated carbocycles. The Morgan fingerprint density at radius 3 is 2.50 bits per heavy atom. The van der Waals surface area contributed by atoms with Crippen molar-refractivity contribution in [3.05, 3.63) is 11.6 Å². The molecule has 0 amide bonds. The van der Waals surface area contributed by atoms with Crippen LogP contribution in [-0.2, 0) is 28.7 Å². The molecule has 0 atom stereocenters. The van der Waals surface area contributed by atoms with Crippen molar-refractivity contribution in [2.75, 3.05) is 18.7 Å². The van der Waals surface area contributed by atoms with E-state index in [0.717, 1.165) is 31.5 Å². The number of nitrogens with zero attached hydrogens (tertiary/aromatic N) is 4. The van der Waals surface area contributed by atoms with Gasteiger partial charge in [0.15, 0.2) is 17.0 Å². The third kappa shape index (κ3) is 4.73. The first-order valence-corrected chi connectivity index (χ1v) is 9.79. The summed E-state index contributed by atoms with van der Waals surface area (Å²) in [5, 5.41) is 0. The largest absolute Gasteiger partial charge is 0.382 e. The lowest BCUT2D eigenvalue weighted by Crippen LogP contribution is -2.11. The average molecular weight is 357 g/mol. The first kappa shape index (κ1) is 18.8. The molecule has 2 rings (SSSR count). The van der Waals surface area contributed by atoms with Crippen LogP contribution in [0.5, 0.6) is 0 Å². The molecule has 0 spiro atoms. The van der Waals surface area contributed by atoms with E-state index in [-0.39, 0.29) is 6.61 Å². The first-order chi connectivity index (χ1) is 11.4. The van der Waals surface area contributed by atoms with Gasteiger partial charge in [0.2, 0.25) is 0 Å². The van der Waals surface area contributed by atoms with Crippen molar-refractivity contribution in [1.29, 1.82) is 0 Å². The van der Waals surface area contributed by atoms with E-state index in [9.17, 15) is 4.57 Å². The third-order valence-corrected chi connectivity index (χ3v) is 3.93. The van der Waals surface area contributed by atoms with Crippen LogP contribution in [0.25, 0.3) is 11.2 Å². The van der Waals surface area contributed by atoms with Crippen molar-refractivity contribution >= 4 is 24.6 Å². The summed E-state index contributed by atoms with van der Waals surface area (Å²) in [6.07, 6.45) is 2.69. The number of aryl methyl sites for hydroxylation is 2.